The maximum atomic E-state index is 14.0. The smallest absolute Gasteiger partial charge is 0.300 e. The molecule has 1 saturated heterocycles. The van der Waals surface area contributed by atoms with Crippen LogP contribution >= 0.6 is 11.3 Å². The molecule has 1 aliphatic rings. The van der Waals surface area contributed by atoms with Gasteiger partial charge in [0.2, 0.25) is 0 Å². The van der Waals surface area contributed by atoms with Crippen molar-refractivity contribution in [1.29, 1.82) is 0 Å². The van der Waals surface area contributed by atoms with E-state index in [0.717, 1.165) is 5.56 Å². The largest absolute Gasteiger partial charge is 0.507 e. The zero-order chi connectivity index (χ0) is 23.9. The van der Waals surface area contributed by atoms with Crippen molar-refractivity contribution in [2.24, 2.45) is 0 Å². The molecule has 0 aliphatic carbocycles. The molecule has 0 saturated carbocycles. The zero-order valence-corrected chi connectivity index (χ0v) is 19.6. The summed E-state index contributed by atoms with van der Waals surface area (Å²) in [6.45, 7) is 6.10. The molecular formula is C26H24FNO4S. The zero-order valence-electron chi connectivity index (χ0n) is 18.8. The van der Waals surface area contributed by atoms with Crippen molar-refractivity contribution in [3.63, 3.8) is 0 Å². The number of hydrogen-bond acceptors (Lipinski definition) is 5. The monoisotopic (exact) mass is 465 g/mol. The number of rotatable bonds is 4. The van der Waals surface area contributed by atoms with Gasteiger partial charge >= 0.3 is 0 Å². The van der Waals surface area contributed by atoms with Gasteiger partial charge in [-0.05, 0) is 52.8 Å². The Morgan fingerprint density at radius 2 is 1.85 bits per heavy atom. The molecule has 1 amide bonds. The number of ether oxygens (including phenoxy) is 1. The molecule has 170 valence electrons. The lowest BCUT2D eigenvalue weighted by Gasteiger charge is -2.25. The summed E-state index contributed by atoms with van der Waals surface area (Å²) >= 11 is 1.34. The molecule has 0 radical (unpaired) electrons. The number of Topliss-reactive ketones (excluding diaryl/α,β-unsaturated/α-hetero) is 1. The molecule has 1 fully saturated rings. The Balaban J connectivity index is 1.97. The van der Waals surface area contributed by atoms with Crippen molar-refractivity contribution < 1.29 is 23.8 Å². The molecule has 1 atom stereocenters. The van der Waals surface area contributed by atoms with Crippen LogP contribution in [-0.4, -0.2) is 23.9 Å². The summed E-state index contributed by atoms with van der Waals surface area (Å²) in [5.74, 6) is -2.14. The van der Waals surface area contributed by atoms with Crippen LogP contribution in [0.5, 0.6) is 5.75 Å². The van der Waals surface area contributed by atoms with Gasteiger partial charge in [-0.2, -0.15) is 0 Å². The second kappa shape index (κ2) is 8.48. The quantitative estimate of drug-likeness (QED) is 0.300. The van der Waals surface area contributed by atoms with Gasteiger partial charge in [0.25, 0.3) is 11.7 Å². The molecule has 3 aromatic rings. The van der Waals surface area contributed by atoms with Crippen LogP contribution in [0.1, 0.15) is 42.8 Å². The fourth-order valence-corrected chi connectivity index (χ4v) is 4.77. The van der Waals surface area contributed by atoms with E-state index in [1.807, 2.05) is 32.2 Å². The summed E-state index contributed by atoms with van der Waals surface area (Å²) in [5, 5.41) is 13.3. The van der Waals surface area contributed by atoms with Crippen LogP contribution in [0.3, 0.4) is 0 Å². The van der Waals surface area contributed by atoms with Gasteiger partial charge in [0, 0.05) is 10.6 Å². The predicted octanol–water partition coefficient (Wildman–Crippen LogP) is 5.82. The van der Waals surface area contributed by atoms with Crippen LogP contribution < -0.4 is 9.64 Å². The van der Waals surface area contributed by atoms with Crippen molar-refractivity contribution in [2.75, 3.05) is 12.0 Å². The van der Waals surface area contributed by atoms with Gasteiger partial charge < -0.3 is 9.84 Å². The summed E-state index contributed by atoms with van der Waals surface area (Å²) in [5.41, 5.74) is 1.21. The number of methoxy groups -OCH3 is 1. The maximum absolute atomic E-state index is 14.0. The number of ketones is 1. The van der Waals surface area contributed by atoms with Crippen molar-refractivity contribution in [2.45, 2.75) is 32.2 Å². The van der Waals surface area contributed by atoms with E-state index in [2.05, 4.69) is 0 Å². The topological polar surface area (TPSA) is 66.8 Å². The Bertz CT molecular complexity index is 1260. The summed E-state index contributed by atoms with van der Waals surface area (Å²) in [6, 6.07) is 13.6. The first-order valence-corrected chi connectivity index (χ1v) is 11.3. The van der Waals surface area contributed by atoms with Crippen LogP contribution in [0, 0.1) is 5.82 Å². The Kier molecular flexibility index (Phi) is 5.84. The second-order valence-corrected chi connectivity index (χ2v) is 9.81. The highest BCUT2D eigenvalue weighted by atomic mass is 32.1. The van der Waals surface area contributed by atoms with Gasteiger partial charge in [-0.3, -0.25) is 14.5 Å². The summed E-state index contributed by atoms with van der Waals surface area (Å²) in [4.78, 5) is 28.3. The summed E-state index contributed by atoms with van der Waals surface area (Å²) in [7, 11) is 1.48. The second-order valence-electron chi connectivity index (χ2n) is 8.83. The van der Waals surface area contributed by atoms with Crippen LogP contribution in [0.15, 0.2) is 65.6 Å². The Labute approximate surface area is 195 Å². The highest BCUT2D eigenvalue weighted by Gasteiger charge is 2.47. The van der Waals surface area contributed by atoms with Crippen LogP contribution in [0.25, 0.3) is 5.76 Å². The third-order valence-corrected chi connectivity index (χ3v) is 6.59. The number of anilines is 1. The molecule has 1 N–H and O–H groups in total. The van der Waals surface area contributed by atoms with Crippen molar-refractivity contribution in [3.05, 3.63) is 87.4 Å². The van der Waals surface area contributed by atoms with Crippen LogP contribution in [0.2, 0.25) is 0 Å². The number of amides is 1. The van der Waals surface area contributed by atoms with E-state index < -0.39 is 23.5 Å². The highest BCUT2D eigenvalue weighted by molar-refractivity contribution is 7.10. The fraction of sp³-hybridized carbons (Fsp3) is 0.231. The highest BCUT2D eigenvalue weighted by Crippen LogP contribution is 2.45. The van der Waals surface area contributed by atoms with Crippen molar-refractivity contribution in [1.82, 2.24) is 0 Å². The minimum atomic E-state index is -0.894. The van der Waals surface area contributed by atoms with E-state index in [0.29, 0.717) is 16.2 Å². The SMILES string of the molecule is COc1ccc(C(C)(C)C)cc1/C(O)=C1\C(=O)C(=O)N(c2cccc(F)c2)C1c1cccs1. The minimum absolute atomic E-state index is 0.0592. The minimum Gasteiger partial charge on any atom is -0.507 e. The van der Waals surface area contributed by atoms with E-state index >= 15 is 0 Å². The number of benzene rings is 2. The number of carbonyl (C=O) groups is 2. The third-order valence-electron chi connectivity index (χ3n) is 5.66. The molecule has 0 bridgehead atoms. The number of hydrogen-bond donors (Lipinski definition) is 1. The standard InChI is InChI=1S/C26H24FNO4S/c1-26(2,3)15-10-11-19(32-4)18(13-15)23(29)21-22(20-9-6-12-33-20)28(25(31)24(21)30)17-8-5-7-16(27)14-17/h5-14,22,29H,1-4H3/b23-21+. The van der Waals surface area contributed by atoms with Gasteiger partial charge in [-0.25, -0.2) is 4.39 Å². The lowest BCUT2D eigenvalue weighted by molar-refractivity contribution is -0.132. The molecule has 2 heterocycles. The number of halogens is 1. The molecule has 0 spiro atoms. The number of nitrogens with zero attached hydrogens (tertiary/aromatic N) is 1. The number of carbonyl (C=O) groups excluding carboxylic acids is 2. The molecule has 5 nitrogen and oxygen atoms in total. The average Bonchev–Trinajstić information content (AvgIpc) is 3.39. The lowest BCUT2D eigenvalue weighted by Crippen LogP contribution is -2.29. The molecule has 4 rings (SSSR count). The molecule has 2 aromatic carbocycles. The Hall–Kier alpha value is -3.45. The normalized spacial score (nSPS) is 18.1. The van der Waals surface area contributed by atoms with Crippen LogP contribution in [0.4, 0.5) is 10.1 Å². The molecular weight excluding hydrogens is 441 g/mol. The van der Waals surface area contributed by atoms with E-state index in [1.165, 1.54) is 41.5 Å². The van der Waals surface area contributed by atoms with Crippen molar-refractivity contribution in [3.8, 4) is 5.75 Å². The Morgan fingerprint density at radius 1 is 1.09 bits per heavy atom. The van der Waals surface area contributed by atoms with E-state index in [-0.39, 0.29) is 22.4 Å². The third kappa shape index (κ3) is 4.04. The first-order chi connectivity index (χ1) is 15.6. The first kappa shape index (κ1) is 22.7. The summed E-state index contributed by atoms with van der Waals surface area (Å²) < 4.78 is 19.4. The van der Waals surface area contributed by atoms with Gasteiger partial charge in [0.15, 0.2) is 0 Å². The average molecular weight is 466 g/mol. The van der Waals surface area contributed by atoms with Crippen molar-refractivity contribution >= 4 is 34.5 Å². The molecule has 1 aromatic heterocycles. The molecule has 33 heavy (non-hydrogen) atoms. The summed E-state index contributed by atoms with van der Waals surface area (Å²) in [6.07, 6.45) is 0. The number of aliphatic hydroxyl groups excluding tert-OH is 1. The molecule has 1 aliphatic heterocycles. The first-order valence-electron chi connectivity index (χ1n) is 10.4. The number of thiophene rings is 1. The van der Waals surface area contributed by atoms with Gasteiger partial charge in [0.1, 0.15) is 23.4 Å². The van der Waals surface area contributed by atoms with Gasteiger partial charge in [0.05, 0.1) is 18.2 Å². The van der Waals surface area contributed by atoms with E-state index in [9.17, 15) is 19.1 Å². The molecule has 1 unspecified atom stereocenters. The van der Waals surface area contributed by atoms with Gasteiger partial charge in [-0.1, -0.05) is 39.0 Å². The van der Waals surface area contributed by atoms with Crippen LogP contribution in [-0.2, 0) is 15.0 Å². The maximum Gasteiger partial charge on any atom is 0.300 e. The van der Waals surface area contributed by atoms with E-state index in [1.54, 1.807) is 30.3 Å². The lowest BCUT2D eigenvalue weighted by atomic mass is 9.85. The Morgan fingerprint density at radius 3 is 2.45 bits per heavy atom. The molecule has 7 heteroatoms. The fourth-order valence-electron chi connectivity index (χ4n) is 3.95. The van der Waals surface area contributed by atoms with Gasteiger partial charge in [-0.15, -0.1) is 11.3 Å². The number of aliphatic hydroxyl groups is 1. The predicted molar refractivity (Wildman–Crippen MR) is 127 cm³/mol. The van der Waals surface area contributed by atoms with E-state index in [4.69, 9.17) is 4.74 Å².